The first-order valence-electron chi connectivity index (χ1n) is 6.93. The van der Waals surface area contributed by atoms with Crippen molar-refractivity contribution in [2.75, 3.05) is 6.54 Å². The Kier molecular flexibility index (Phi) is 5.08. The van der Waals surface area contributed by atoms with Crippen molar-refractivity contribution < 1.29 is 9.90 Å². The van der Waals surface area contributed by atoms with Gasteiger partial charge in [-0.25, -0.2) is 0 Å². The van der Waals surface area contributed by atoms with Gasteiger partial charge < -0.3 is 10.4 Å². The van der Waals surface area contributed by atoms with E-state index >= 15 is 0 Å². The van der Waals surface area contributed by atoms with Gasteiger partial charge in [0.05, 0.1) is 10.6 Å². The molecule has 1 aliphatic carbocycles. The summed E-state index contributed by atoms with van der Waals surface area (Å²) in [5.41, 5.74) is 0.336. The second-order valence-electron chi connectivity index (χ2n) is 5.21. The smallest absolute Gasteiger partial charge is 0.252 e. The maximum absolute atomic E-state index is 11.9. The van der Waals surface area contributed by atoms with Crippen molar-refractivity contribution in [1.82, 2.24) is 5.32 Å². The lowest BCUT2D eigenvalue weighted by Crippen LogP contribution is -2.25. The lowest BCUT2D eigenvalue weighted by molar-refractivity contribution is 0.0952. The van der Waals surface area contributed by atoms with Crippen molar-refractivity contribution in [3.05, 3.63) is 28.8 Å². The van der Waals surface area contributed by atoms with E-state index in [9.17, 15) is 9.90 Å². The van der Waals surface area contributed by atoms with E-state index in [1.165, 1.54) is 50.3 Å². The summed E-state index contributed by atoms with van der Waals surface area (Å²) < 4.78 is 0. The normalized spacial score (nSPS) is 15.6. The Morgan fingerprint density at radius 3 is 2.84 bits per heavy atom. The van der Waals surface area contributed by atoms with Crippen LogP contribution >= 0.6 is 11.6 Å². The highest BCUT2D eigenvalue weighted by Gasteiger charge is 2.15. The number of hydrogen-bond donors (Lipinski definition) is 2. The third-order valence-corrected chi connectivity index (χ3v) is 4.07. The summed E-state index contributed by atoms with van der Waals surface area (Å²) in [6.45, 7) is 0.668. The molecule has 0 saturated heterocycles. The Labute approximate surface area is 119 Å². The van der Waals surface area contributed by atoms with Gasteiger partial charge in [0, 0.05) is 6.54 Å². The Hall–Kier alpha value is -1.22. The molecule has 0 atom stereocenters. The van der Waals surface area contributed by atoms with E-state index in [2.05, 4.69) is 5.32 Å². The number of hydrogen-bond acceptors (Lipinski definition) is 2. The summed E-state index contributed by atoms with van der Waals surface area (Å²) in [6.07, 6.45) is 7.59. The van der Waals surface area contributed by atoms with Crippen LogP contribution in [0.4, 0.5) is 0 Å². The third kappa shape index (κ3) is 4.13. The molecule has 104 valence electrons. The Morgan fingerprint density at radius 1 is 1.37 bits per heavy atom. The fourth-order valence-electron chi connectivity index (χ4n) is 2.67. The van der Waals surface area contributed by atoms with E-state index in [4.69, 9.17) is 11.6 Å². The van der Waals surface area contributed by atoms with Gasteiger partial charge in [0.2, 0.25) is 0 Å². The summed E-state index contributed by atoms with van der Waals surface area (Å²) in [7, 11) is 0. The summed E-state index contributed by atoms with van der Waals surface area (Å²) >= 11 is 5.94. The topological polar surface area (TPSA) is 49.3 Å². The number of phenolic OH excluding ortho intramolecular Hbond substituents is 1. The maximum atomic E-state index is 11.9. The summed E-state index contributed by atoms with van der Waals surface area (Å²) in [5, 5.41) is 12.6. The van der Waals surface area contributed by atoms with Crippen LogP contribution in [0.3, 0.4) is 0 Å². The molecule has 4 heteroatoms. The van der Waals surface area contributed by atoms with Crippen LogP contribution < -0.4 is 5.32 Å². The highest BCUT2D eigenvalue weighted by molar-refractivity contribution is 6.33. The SMILES string of the molecule is O=C(NCCCC1CCCC1)c1cc(O)ccc1Cl. The number of rotatable bonds is 5. The van der Waals surface area contributed by atoms with Crippen LogP contribution in [-0.2, 0) is 0 Å². The van der Waals surface area contributed by atoms with Gasteiger partial charge in [-0.1, -0.05) is 37.3 Å². The monoisotopic (exact) mass is 281 g/mol. The number of carbonyl (C=O) groups is 1. The van der Waals surface area contributed by atoms with Crippen molar-refractivity contribution in [3.63, 3.8) is 0 Å². The fourth-order valence-corrected chi connectivity index (χ4v) is 2.88. The average molecular weight is 282 g/mol. The second kappa shape index (κ2) is 6.80. The Morgan fingerprint density at radius 2 is 2.11 bits per heavy atom. The van der Waals surface area contributed by atoms with E-state index < -0.39 is 0 Å². The van der Waals surface area contributed by atoms with Crippen LogP contribution in [0.2, 0.25) is 5.02 Å². The van der Waals surface area contributed by atoms with E-state index in [1.807, 2.05) is 0 Å². The number of nitrogens with one attached hydrogen (secondary N) is 1. The van der Waals surface area contributed by atoms with Gasteiger partial charge in [-0.2, -0.15) is 0 Å². The molecule has 1 fully saturated rings. The molecule has 0 radical (unpaired) electrons. The summed E-state index contributed by atoms with van der Waals surface area (Å²) in [4.78, 5) is 11.9. The van der Waals surface area contributed by atoms with Crippen molar-refractivity contribution >= 4 is 17.5 Å². The predicted molar refractivity (Wildman–Crippen MR) is 76.6 cm³/mol. The molecule has 2 rings (SSSR count). The van der Waals surface area contributed by atoms with Crippen LogP contribution in [0.25, 0.3) is 0 Å². The highest BCUT2D eigenvalue weighted by Crippen LogP contribution is 2.28. The quantitative estimate of drug-likeness (QED) is 0.808. The van der Waals surface area contributed by atoms with Crippen molar-refractivity contribution in [2.24, 2.45) is 5.92 Å². The van der Waals surface area contributed by atoms with Gasteiger partial charge in [0.25, 0.3) is 5.91 Å². The molecule has 1 saturated carbocycles. The first-order chi connectivity index (χ1) is 9.16. The molecule has 19 heavy (non-hydrogen) atoms. The molecule has 3 nitrogen and oxygen atoms in total. The molecule has 2 N–H and O–H groups in total. The molecular formula is C15H20ClNO2. The zero-order valence-corrected chi connectivity index (χ0v) is 11.7. The molecule has 0 aliphatic heterocycles. The molecule has 1 amide bonds. The van der Waals surface area contributed by atoms with Gasteiger partial charge in [-0.3, -0.25) is 4.79 Å². The van der Waals surface area contributed by atoms with Crippen LogP contribution in [-0.4, -0.2) is 17.6 Å². The lowest BCUT2D eigenvalue weighted by atomic mass is 10.0. The molecule has 0 heterocycles. The van der Waals surface area contributed by atoms with Crippen molar-refractivity contribution in [1.29, 1.82) is 0 Å². The standard InChI is InChI=1S/C15H20ClNO2/c16-14-8-7-12(18)10-13(14)15(19)17-9-3-6-11-4-1-2-5-11/h7-8,10-11,18H,1-6,9H2,(H,17,19). The molecule has 0 aromatic heterocycles. The van der Waals surface area contributed by atoms with Gasteiger partial charge in [-0.15, -0.1) is 0 Å². The second-order valence-corrected chi connectivity index (χ2v) is 5.62. The first-order valence-corrected chi connectivity index (χ1v) is 7.31. The zero-order valence-electron chi connectivity index (χ0n) is 11.0. The molecule has 0 unspecified atom stereocenters. The molecule has 0 spiro atoms. The average Bonchev–Trinajstić information content (AvgIpc) is 2.90. The van der Waals surface area contributed by atoms with Gasteiger partial charge in [0.1, 0.15) is 5.75 Å². The van der Waals surface area contributed by atoms with Gasteiger partial charge in [-0.05, 0) is 37.0 Å². The van der Waals surface area contributed by atoms with Crippen molar-refractivity contribution in [2.45, 2.75) is 38.5 Å². The number of amides is 1. The number of carbonyl (C=O) groups excluding carboxylic acids is 1. The van der Waals surface area contributed by atoms with Gasteiger partial charge >= 0.3 is 0 Å². The minimum atomic E-state index is -0.215. The maximum Gasteiger partial charge on any atom is 0.252 e. The molecule has 1 aromatic rings. The minimum absolute atomic E-state index is 0.0560. The number of phenols is 1. The van der Waals surface area contributed by atoms with Crippen LogP contribution in [0.5, 0.6) is 5.75 Å². The minimum Gasteiger partial charge on any atom is -0.508 e. The number of benzene rings is 1. The number of halogens is 1. The van der Waals surface area contributed by atoms with E-state index in [1.54, 1.807) is 0 Å². The third-order valence-electron chi connectivity index (χ3n) is 3.74. The molecular weight excluding hydrogens is 262 g/mol. The zero-order chi connectivity index (χ0) is 13.7. The van der Waals surface area contributed by atoms with Crippen molar-refractivity contribution in [3.8, 4) is 5.75 Å². The molecule has 0 bridgehead atoms. The lowest BCUT2D eigenvalue weighted by Gasteiger charge is -2.10. The Balaban J connectivity index is 1.75. The van der Waals surface area contributed by atoms with Crippen LogP contribution in [0.1, 0.15) is 48.9 Å². The van der Waals surface area contributed by atoms with Crippen LogP contribution in [0.15, 0.2) is 18.2 Å². The fraction of sp³-hybridized carbons (Fsp3) is 0.533. The Bertz CT molecular complexity index is 442. The summed E-state index contributed by atoms with van der Waals surface area (Å²) in [6, 6.07) is 4.40. The first kappa shape index (κ1) is 14.2. The largest absolute Gasteiger partial charge is 0.508 e. The van der Waals surface area contributed by atoms with Gasteiger partial charge in [0.15, 0.2) is 0 Å². The highest BCUT2D eigenvalue weighted by atomic mass is 35.5. The van der Waals surface area contributed by atoms with E-state index in [0.29, 0.717) is 17.1 Å². The van der Waals surface area contributed by atoms with E-state index in [0.717, 1.165) is 12.3 Å². The molecule has 1 aliphatic rings. The number of aromatic hydroxyl groups is 1. The predicted octanol–water partition coefficient (Wildman–Crippen LogP) is 3.75. The summed E-state index contributed by atoms with van der Waals surface area (Å²) in [5.74, 6) is 0.689. The van der Waals surface area contributed by atoms with Crippen LogP contribution in [0, 0.1) is 5.92 Å². The van der Waals surface area contributed by atoms with E-state index in [-0.39, 0.29) is 11.7 Å². The molecule has 1 aromatic carbocycles.